The maximum atomic E-state index is 12.6. The lowest BCUT2D eigenvalue weighted by Gasteiger charge is -2.13. The Morgan fingerprint density at radius 3 is 2.43 bits per heavy atom. The van der Waals surface area contributed by atoms with Crippen LogP contribution in [0.25, 0.3) is 5.52 Å². The van der Waals surface area contributed by atoms with E-state index in [0.29, 0.717) is 5.56 Å². The summed E-state index contributed by atoms with van der Waals surface area (Å²) in [7, 11) is 0. The summed E-state index contributed by atoms with van der Waals surface area (Å²) in [6, 6.07) is 9.94. The molecule has 1 aromatic carbocycles. The summed E-state index contributed by atoms with van der Waals surface area (Å²) >= 11 is 0. The van der Waals surface area contributed by atoms with E-state index in [-0.39, 0.29) is 0 Å². The summed E-state index contributed by atoms with van der Waals surface area (Å²) in [5, 5.41) is 4.18. The Hall–Kier alpha value is -2.34. The van der Waals surface area contributed by atoms with E-state index in [1.165, 1.54) is 12.1 Å². The van der Waals surface area contributed by atoms with Crippen molar-refractivity contribution in [3.05, 3.63) is 71.5 Å². The third-order valence-electron chi connectivity index (χ3n) is 3.39. The van der Waals surface area contributed by atoms with Gasteiger partial charge < -0.3 is 5.73 Å². The van der Waals surface area contributed by atoms with E-state index in [0.717, 1.165) is 23.2 Å². The summed E-state index contributed by atoms with van der Waals surface area (Å²) in [5.74, 6) is 0. The lowest BCUT2D eigenvalue weighted by molar-refractivity contribution is -0.137. The fourth-order valence-corrected chi connectivity index (χ4v) is 2.25. The summed E-state index contributed by atoms with van der Waals surface area (Å²) in [5.41, 5.74) is 7.69. The van der Waals surface area contributed by atoms with Gasteiger partial charge in [0.1, 0.15) is 0 Å². The first-order chi connectivity index (χ1) is 9.97. The van der Waals surface area contributed by atoms with Gasteiger partial charge in [0, 0.05) is 11.8 Å². The molecule has 0 radical (unpaired) electrons. The second-order valence-electron chi connectivity index (χ2n) is 4.73. The molecular formula is C15H12F3N3. The lowest BCUT2D eigenvalue weighted by atomic mass is 9.99. The van der Waals surface area contributed by atoms with E-state index >= 15 is 0 Å². The van der Waals surface area contributed by atoms with E-state index in [2.05, 4.69) is 5.10 Å². The number of pyridine rings is 1. The fourth-order valence-electron chi connectivity index (χ4n) is 2.25. The number of halogens is 3. The van der Waals surface area contributed by atoms with E-state index in [4.69, 9.17) is 5.73 Å². The van der Waals surface area contributed by atoms with Gasteiger partial charge in [0.25, 0.3) is 0 Å². The number of nitrogens with two attached hydrogens (primary N) is 1. The van der Waals surface area contributed by atoms with Crippen LogP contribution in [0.1, 0.15) is 22.7 Å². The summed E-state index contributed by atoms with van der Waals surface area (Å²) < 4.78 is 39.4. The number of alkyl halides is 3. The molecule has 0 aliphatic rings. The Morgan fingerprint density at radius 1 is 1.05 bits per heavy atom. The molecule has 6 heteroatoms. The van der Waals surface area contributed by atoms with Gasteiger partial charge in [0.15, 0.2) is 0 Å². The number of fused-ring (bicyclic) bond motifs is 1. The van der Waals surface area contributed by atoms with Gasteiger partial charge in [-0.15, -0.1) is 0 Å². The van der Waals surface area contributed by atoms with Crippen molar-refractivity contribution in [3.8, 4) is 0 Å². The molecule has 0 saturated carbocycles. The predicted octanol–water partition coefficient (Wildman–Crippen LogP) is 3.40. The van der Waals surface area contributed by atoms with Crippen LogP contribution in [0.5, 0.6) is 0 Å². The van der Waals surface area contributed by atoms with Crippen molar-refractivity contribution in [1.82, 2.24) is 9.61 Å². The zero-order valence-electron chi connectivity index (χ0n) is 10.9. The second kappa shape index (κ2) is 4.89. The Bertz CT molecular complexity index is 760. The van der Waals surface area contributed by atoms with Gasteiger partial charge in [-0.25, -0.2) is 4.52 Å². The number of nitrogens with zero attached hydrogens (tertiary/aromatic N) is 2. The molecule has 21 heavy (non-hydrogen) atoms. The molecule has 3 nitrogen and oxygen atoms in total. The Labute approximate surface area is 118 Å². The van der Waals surface area contributed by atoms with Crippen LogP contribution in [-0.4, -0.2) is 9.61 Å². The van der Waals surface area contributed by atoms with E-state index < -0.39 is 17.8 Å². The van der Waals surface area contributed by atoms with Crippen LogP contribution in [0, 0.1) is 0 Å². The van der Waals surface area contributed by atoms with Crippen molar-refractivity contribution >= 4 is 5.52 Å². The lowest BCUT2D eigenvalue weighted by Crippen LogP contribution is -2.12. The molecule has 0 amide bonds. The summed E-state index contributed by atoms with van der Waals surface area (Å²) in [4.78, 5) is 0. The van der Waals surface area contributed by atoms with Crippen LogP contribution in [0.3, 0.4) is 0 Å². The van der Waals surface area contributed by atoms with E-state index in [9.17, 15) is 13.2 Å². The zero-order valence-corrected chi connectivity index (χ0v) is 10.9. The third kappa shape index (κ3) is 2.50. The van der Waals surface area contributed by atoms with Crippen LogP contribution in [-0.2, 0) is 6.18 Å². The van der Waals surface area contributed by atoms with Crippen LogP contribution < -0.4 is 5.73 Å². The van der Waals surface area contributed by atoms with Gasteiger partial charge in [-0.05, 0) is 29.8 Å². The number of rotatable bonds is 2. The second-order valence-corrected chi connectivity index (χ2v) is 4.73. The topological polar surface area (TPSA) is 43.3 Å². The molecule has 0 bridgehead atoms. The van der Waals surface area contributed by atoms with Crippen LogP contribution >= 0.6 is 0 Å². The van der Waals surface area contributed by atoms with Crippen LogP contribution in [0.2, 0.25) is 0 Å². The van der Waals surface area contributed by atoms with Crippen LogP contribution in [0.4, 0.5) is 13.2 Å². The van der Waals surface area contributed by atoms with Crippen molar-refractivity contribution < 1.29 is 13.2 Å². The summed E-state index contributed by atoms with van der Waals surface area (Å²) in [6.07, 6.45) is -0.914. The molecule has 1 unspecified atom stereocenters. The Balaban J connectivity index is 1.97. The molecular weight excluding hydrogens is 279 g/mol. The van der Waals surface area contributed by atoms with Crippen molar-refractivity contribution in [2.24, 2.45) is 5.73 Å². The molecule has 108 valence electrons. The first-order valence-electron chi connectivity index (χ1n) is 6.32. The largest absolute Gasteiger partial charge is 0.416 e. The molecule has 1 atom stereocenters. The molecule has 0 spiro atoms. The predicted molar refractivity (Wildman–Crippen MR) is 72.7 cm³/mol. The van der Waals surface area contributed by atoms with Gasteiger partial charge in [0.05, 0.1) is 23.3 Å². The number of aromatic nitrogens is 2. The highest BCUT2D eigenvalue weighted by Crippen LogP contribution is 2.31. The van der Waals surface area contributed by atoms with Crippen molar-refractivity contribution in [2.45, 2.75) is 12.2 Å². The number of hydrogen-bond acceptors (Lipinski definition) is 2. The average Bonchev–Trinajstić information content (AvgIpc) is 2.90. The Kier molecular flexibility index (Phi) is 3.17. The van der Waals surface area contributed by atoms with Gasteiger partial charge in [-0.1, -0.05) is 18.2 Å². The number of hydrogen-bond donors (Lipinski definition) is 1. The third-order valence-corrected chi connectivity index (χ3v) is 3.39. The van der Waals surface area contributed by atoms with E-state index in [1.54, 1.807) is 16.9 Å². The molecule has 0 aliphatic heterocycles. The maximum absolute atomic E-state index is 12.6. The highest BCUT2D eigenvalue weighted by Gasteiger charge is 2.30. The Morgan fingerprint density at radius 2 is 1.76 bits per heavy atom. The molecule has 3 aromatic rings. The van der Waals surface area contributed by atoms with Gasteiger partial charge >= 0.3 is 6.18 Å². The van der Waals surface area contributed by atoms with Gasteiger partial charge in [-0.3, -0.25) is 0 Å². The molecule has 0 aliphatic carbocycles. The highest BCUT2D eigenvalue weighted by molar-refractivity contribution is 5.57. The smallest absolute Gasteiger partial charge is 0.320 e. The minimum absolute atomic E-state index is 0.521. The van der Waals surface area contributed by atoms with Gasteiger partial charge in [0.2, 0.25) is 0 Å². The first-order valence-corrected chi connectivity index (χ1v) is 6.32. The van der Waals surface area contributed by atoms with Crippen molar-refractivity contribution in [2.75, 3.05) is 0 Å². The summed E-state index contributed by atoms with van der Waals surface area (Å²) in [6.45, 7) is 0. The standard InChI is InChI=1S/C15H12F3N3/c16-15(17,18)11-6-4-10(5-7-11)14(19)12-9-20-21-8-2-1-3-13(12)21/h1-9,14H,19H2. The van der Waals surface area contributed by atoms with Gasteiger partial charge in [-0.2, -0.15) is 18.3 Å². The average molecular weight is 291 g/mol. The maximum Gasteiger partial charge on any atom is 0.416 e. The molecule has 0 saturated heterocycles. The zero-order chi connectivity index (χ0) is 15.0. The van der Waals surface area contributed by atoms with Crippen molar-refractivity contribution in [3.63, 3.8) is 0 Å². The first kappa shape index (κ1) is 13.6. The number of benzene rings is 1. The monoisotopic (exact) mass is 291 g/mol. The molecule has 2 N–H and O–H groups in total. The molecule has 2 aromatic heterocycles. The fraction of sp³-hybridized carbons (Fsp3) is 0.133. The quantitative estimate of drug-likeness (QED) is 0.786. The SMILES string of the molecule is NC(c1ccc(C(F)(F)F)cc1)c1cnn2ccccc12. The minimum atomic E-state index is -4.34. The molecule has 2 heterocycles. The highest BCUT2D eigenvalue weighted by atomic mass is 19.4. The molecule has 3 rings (SSSR count). The van der Waals surface area contributed by atoms with Crippen molar-refractivity contribution in [1.29, 1.82) is 0 Å². The van der Waals surface area contributed by atoms with E-state index in [1.807, 2.05) is 18.2 Å². The minimum Gasteiger partial charge on any atom is -0.320 e. The molecule has 0 fully saturated rings. The normalized spacial score (nSPS) is 13.5. The van der Waals surface area contributed by atoms with Crippen LogP contribution in [0.15, 0.2) is 54.9 Å².